The smallest absolute Gasteiger partial charge is 0.412 e. The third-order valence-corrected chi connectivity index (χ3v) is 6.57. The molecule has 8 nitrogen and oxygen atoms in total. The lowest BCUT2D eigenvalue weighted by Crippen LogP contribution is -2.27. The normalized spacial score (nSPS) is 14.7. The number of fused-ring (bicyclic) bond motifs is 1. The maximum Gasteiger partial charge on any atom is 0.412 e. The van der Waals surface area contributed by atoms with E-state index in [0.29, 0.717) is 46.1 Å². The van der Waals surface area contributed by atoms with Crippen molar-refractivity contribution in [2.75, 3.05) is 5.32 Å². The molecule has 38 heavy (non-hydrogen) atoms. The number of amides is 1. The van der Waals surface area contributed by atoms with Gasteiger partial charge in [-0.15, -0.1) is 0 Å². The van der Waals surface area contributed by atoms with E-state index in [0.717, 1.165) is 23.2 Å². The molecule has 194 valence electrons. The Balaban J connectivity index is 1.45. The maximum atomic E-state index is 13.4. The number of aldehydes is 1. The highest BCUT2D eigenvalue weighted by molar-refractivity contribution is 6.31. The molecule has 0 aliphatic carbocycles. The molecule has 0 saturated heterocycles. The highest BCUT2D eigenvalue weighted by atomic mass is 35.5. The maximum absolute atomic E-state index is 13.4. The van der Waals surface area contributed by atoms with Crippen molar-refractivity contribution in [3.05, 3.63) is 93.3 Å². The van der Waals surface area contributed by atoms with Gasteiger partial charge in [-0.25, -0.2) is 9.78 Å². The van der Waals surface area contributed by atoms with Gasteiger partial charge in [0.15, 0.2) is 0 Å². The molecule has 1 aliphatic heterocycles. The minimum absolute atomic E-state index is 0.170. The Kier molecular flexibility index (Phi) is 6.67. The van der Waals surface area contributed by atoms with Gasteiger partial charge < -0.3 is 14.3 Å². The number of benzene rings is 2. The Labute approximate surface area is 224 Å². The van der Waals surface area contributed by atoms with Crippen LogP contribution in [0.2, 0.25) is 5.02 Å². The van der Waals surface area contributed by atoms with Gasteiger partial charge in [-0.1, -0.05) is 35.9 Å². The molecular weight excluding hydrogens is 504 g/mol. The molecule has 3 heterocycles. The van der Waals surface area contributed by atoms with Crippen LogP contribution in [0.5, 0.6) is 0 Å². The molecule has 5 rings (SSSR count). The summed E-state index contributed by atoms with van der Waals surface area (Å²) in [5.41, 5.74) is 4.16. The van der Waals surface area contributed by atoms with Crippen molar-refractivity contribution in [3.8, 4) is 22.4 Å². The predicted molar refractivity (Wildman–Crippen MR) is 147 cm³/mol. The van der Waals surface area contributed by atoms with E-state index >= 15 is 0 Å². The Morgan fingerprint density at radius 3 is 2.61 bits per heavy atom. The largest absolute Gasteiger partial charge is 0.444 e. The number of aromatic nitrogens is 3. The minimum atomic E-state index is -0.650. The molecule has 0 radical (unpaired) electrons. The van der Waals surface area contributed by atoms with Crippen molar-refractivity contribution < 1.29 is 14.3 Å². The second-order valence-electron chi connectivity index (χ2n) is 10.2. The van der Waals surface area contributed by atoms with Crippen LogP contribution in [0.4, 0.5) is 10.5 Å². The predicted octanol–water partition coefficient (Wildman–Crippen LogP) is 6.25. The summed E-state index contributed by atoms with van der Waals surface area (Å²) in [6.45, 7) is 5.37. The fourth-order valence-corrected chi connectivity index (χ4v) is 4.85. The van der Waals surface area contributed by atoms with E-state index in [-0.39, 0.29) is 11.6 Å². The summed E-state index contributed by atoms with van der Waals surface area (Å²) in [6, 6.07) is 15.6. The molecule has 2 aromatic heterocycles. The lowest BCUT2D eigenvalue weighted by Gasteiger charge is -2.21. The first-order valence-electron chi connectivity index (χ1n) is 12.3. The topological polar surface area (TPSA) is 106 Å². The van der Waals surface area contributed by atoms with Gasteiger partial charge in [-0.3, -0.25) is 14.9 Å². The van der Waals surface area contributed by atoms with Gasteiger partial charge >= 0.3 is 6.09 Å². The molecule has 9 heteroatoms. The number of ether oxygens (including phenoxy) is 1. The molecule has 1 atom stereocenters. The van der Waals surface area contributed by atoms with Crippen LogP contribution in [-0.2, 0) is 11.2 Å². The number of imidazole rings is 1. The van der Waals surface area contributed by atoms with E-state index in [1.54, 1.807) is 67.9 Å². The van der Waals surface area contributed by atoms with E-state index in [1.807, 2.05) is 18.2 Å². The number of aromatic amines is 1. The molecule has 0 fully saturated rings. The molecule has 1 unspecified atom stereocenters. The number of halogens is 1. The summed E-state index contributed by atoms with van der Waals surface area (Å²) < 4.78 is 7.15. The Morgan fingerprint density at radius 2 is 1.89 bits per heavy atom. The summed E-state index contributed by atoms with van der Waals surface area (Å²) in [5.74, 6) is 0.697. The first-order valence-corrected chi connectivity index (χ1v) is 12.6. The number of rotatable bonds is 5. The van der Waals surface area contributed by atoms with Crippen molar-refractivity contribution in [2.24, 2.45) is 0 Å². The van der Waals surface area contributed by atoms with Crippen LogP contribution in [0.1, 0.15) is 55.1 Å². The Bertz CT molecular complexity index is 1580. The average Bonchev–Trinajstić information content (AvgIpc) is 3.51. The summed E-state index contributed by atoms with van der Waals surface area (Å²) in [7, 11) is 0. The quantitative estimate of drug-likeness (QED) is 0.296. The number of carbonyl (C=O) groups is 2. The van der Waals surface area contributed by atoms with Crippen molar-refractivity contribution >= 4 is 29.7 Å². The van der Waals surface area contributed by atoms with E-state index < -0.39 is 11.7 Å². The fourth-order valence-electron chi connectivity index (χ4n) is 4.68. The van der Waals surface area contributed by atoms with E-state index in [4.69, 9.17) is 16.3 Å². The number of nitrogens with one attached hydrogen (secondary N) is 2. The van der Waals surface area contributed by atoms with Gasteiger partial charge in [0, 0.05) is 27.9 Å². The zero-order valence-electron chi connectivity index (χ0n) is 21.2. The molecule has 4 aromatic rings. The summed E-state index contributed by atoms with van der Waals surface area (Å²) in [5, 5.41) is 3.26. The van der Waals surface area contributed by atoms with E-state index in [9.17, 15) is 14.4 Å². The zero-order valence-corrected chi connectivity index (χ0v) is 22.0. The Hall–Kier alpha value is -4.17. The van der Waals surface area contributed by atoms with Crippen LogP contribution in [0, 0.1) is 0 Å². The number of aryl methyl sites for hydroxylation is 1. The van der Waals surface area contributed by atoms with Crippen molar-refractivity contribution in [1.82, 2.24) is 14.5 Å². The zero-order chi connectivity index (χ0) is 27.0. The van der Waals surface area contributed by atoms with Gasteiger partial charge in [0.05, 0.1) is 23.6 Å². The van der Waals surface area contributed by atoms with Gasteiger partial charge in [0.2, 0.25) is 0 Å². The number of pyridine rings is 1. The number of nitrogens with zero attached hydrogens (tertiary/aromatic N) is 2. The van der Waals surface area contributed by atoms with Crippen molar-refractivity contribution in [3.63, 3.8) is 0 Å². The minimum Gasteiger partial charge on any atom is -0.444 e. The highest BCUT2D eigenvalue weighted by Gasteiger charge is 2.28. The van der Waals surface area contributed by atoms with Crippen molar-refractivity contribution in [2.45, 2.75) is 45.3 Å². The first kappa shape index (κ1) is 25.5. The number of hydrogen-bond donors (Lipinski definition) is 2. The molecule has 2 aromatic carbocycles. The summed E-state index contributed by atoms with van der Waals surface area (Å²) in [6.07, 6.45) is 3.36. The fraction of sp³-hybridized carbons (Fsp3) is 0.241. The first-order chi connectivity index (χ1) is 18.1. The molecule has 1 aliphatic rings. The Morgan fingerprint density at radius 1 is 1.13 bits per heavy atom. The average molecular weight is 531 g/mol. The monoisotopic (exact) mass is 530 g/mol. The summed E-state index contributed by atoms with van der Waals surface area (Å²) >= 11 is 6.28. The van der Waals surface area contributed by atoms with Gasteiger partial charge in [0.25, 0.3) is 5.56 Å². The van der Waals surface area contributed by atoms with Gasteiger partial charge in [-0.2, -0.15) is 0 Å². The van der Waals surface area contributed by atoms with Crippen molar-refractivity contribution in [1.29, 1.82) is 0 Å². The van der Waals surface area contributed by atoms with Crippen LogP contribution in [0.25, 0.3) is 22.4 Å². The number of anilines is 1. The lowest BCUT2D eigenvalue weighted by molar-refractivity contribution is 0.0636. The molecule has 0 saturated carbocycles. The third-order valence-electron chi connectivity index (χ3n) is 6.33. The van der Waals surface area contributed by atoms with Crippen LogP contribution in [0.3, 0.4) is 0 Å². The molecule has 1 amide bonds. The SMILES string of the molecule is CC(C)(C)OC(=O)Nc1ccc(Cl)cc1-c1cc2n(c(=O)c1)C(c1ncc(-c3ccc(C=O)cc3)[nH]1)CC2. The van der Waals surface area contributed by atoms with Crippen LogP contribution >= 0.6 is 11.6 Å². The van der Waals surface area contributed by atoms with Crippen LogP contribution in [0.15, 0.2) is 65.6 Å². The van der Waals surface area contributed by atoms with Gasteiger partial charge in [0.1, 0.15) is 17.7 Å². The summed E-state index contributed by atoms with van der Waals surface area (Å²) in [4.78, 5) is 44.7. The standard InChI is InChI=1S/C29H27ClN4O4/c1-29(2,3)38-28(37)33-23-10-8-20(30)14-22(23)19-12-21-9-11-25(34(21)26(36)13-19)27-31-15-24(32-27)18-6-4-17(16-35)5-7-18/h4-8,10,12-16,25H,9,11H2,1-3H3,(H,31,32)(H,33,37). The second kappa shape index (κ2) is 9.95. The number of hydrogen-bond acceptors (Lipinski definition) is 5. The van der Waals surface area contributed by atoms with E-state index in [2.05, 4.69) is 15.3 Å². The number of carbonyl (C=O) groups excluding carboxylic acids is 2. The van der Waals surface area contributed by atoms with Crippen LogP contribution in [-0.4, -0.2) is 32.5 Å². The molecular formula is C29H27ClN4O4. The second-order valence-corrected chi connectivity index (χ2v) is 10.7. The molecule has 2 N–H and O–H groups in total. The lowest BCUT2D eigenvalue weighted by atomic mass is 10.0. The number of H-pyrrole nitrogens is 1. The van der Waals surface area contributed by atoms with Gasteiger partial charge in [-0.05, 0) is 69.0 Å². The highest BCUT2D eigenvalue weighted by Crippen LogP contribution is 2.35. The van der Waals surface area contributed by atoms with Crippen LogP contribution < -0.4 is 10.9 Å². The molecule has 0 bridgehead atoms. The van der Waals surface area contributed by atoms with E-state index in [1.165, 1.54) is 0 Å². The third kappa shape index (κ3) is 5.26. The molecule has 0 spiro atoms.